The van der Waals surface area contributed by atoms with Crippen LogP contribution in [-0.2, 0) is 14.6 Å². The van der Waals surface area contributed by atoms with E-state index < -0.39 is 9.84 Å². The first-order valence-electron chi connectivity index (χ1n) is 5.60. The van der Waals surface area contributed by atoms with Crippen molar-refractivity contribution >= 4 is 15.7 Å². The zero-order chi connectivity index (χ0) is 12.3. The van der Waals surface area contributed by atoms with Crippen LogP contribution in [0.4, 0.5) is 0 Å². The van der Waals surface area contributed by atoms with Gasteiger partial charge in [0.15, 0.2) is 9.84 Å². The Balaban J connectivity index is 2.61. The van der Waals surface area contributed by atoms with E-state index in [0.29, 0.717) is 13.1 Å². The number of carbonyl (C=O) groups is 1. The number of nitrogens with zero attached hydrogens (tertiary/aromatic N) is 1. The molecule has 1 atom stereocenters. The van der Waals surface area contributed by atoms with Crippen molar-refractivity contribution in [3.05, 3.63) is 0 Å². The molecule has 1 heterocycles. The second-order valence-electron chi connectivity index (χ2n) is 4.39. The van der Waals surface area contributed by atoms with Crippen LogP contribution in [0, 0.1) is 5.92 Å². The first-order valence-corrected chi connectivity index (χ1v) is 7.43. The highest BCUT2D eigenvalue weighted by Crippen LogP contribution is 2.13. The van der Waals surface area contributed by atoms with Gasteiger partial charge in [-0.15, -0.1) is 0 Å². The van der Waals surface area contributed by atoms with E-state index >= 15 is 0 Å². The maximum atomic E-state index is 11.6. The van der Waals surface area contributed by atoms with E-state index in [9.17, 15) is 13.2 Å². The van der Waals surface area contributed by atoms with Gasteiger partial charge in [0.25, 0.3) is 0 Å². The minimum absolute atomic E-state index is 0.00926. The van der Waals surface area contributed by atoms with Gasteiger partial charge in [-0.3, -0.25) is 10.1 Å². The van der Waals surface area contributed by atoms with E-state index in [-0.39, 0.29) is 29.5 Å². The van der Waals surface area contributed by atoms with Gasteiger partial charge >= 0.3 is 0 Å². The summed E-state index contributed by atoms with van der Waals surface area (Å²) in [6.07, 6.45) is -0.0282. The molecular weight excluding hydrogens is 228 g/mol. The molecule has 0 saturated carbocycles. The second kappa shape index (κ2) is 5.14. The van der Waals surface area contributed by atoms with Crippen LogP contribution in [0.25, 0.3) is 0 Å². The molecule has 0 aromatic heterocycles. The second-order valence-corrected chi connectivity index (χ2v) is 6.87. The molecule has 16 heavy (non-hydrogen) atoms. The summed E-state index contributed by atoms with van der Waals surface area (Å²) in [7, 11) is -3.00. The minimum Gasteiger partial charge on any atom is -0.325 e. The Morgan fingerprint density at radius 2 is 2.12 bits per heavy atom. The molecule has 5 nitrogen and oxygen atoms in total. The van der Waals surface area contributed by atoms with E-state index in [1.807, 2.05) is 13.8 Å². The van der Waals surface area contributed by atoms with Gasteiger partial charge in [0, 0.05) is 12.3 Å². The summed E-state index contributed by atoms with van der Waals surface area (Å²) in [6, 6.07) is 0. The van der Waals surface area contributed by atoms with Crippen molar-refractivity contribution in [2.24, 2.45) is 5.92 Å². The fourth-order valence-corrected chi connectivity index (χ4v) is 2.56. The number of hydrogen-bond acceptors (Lipinski definition) is 4. The van der Waals surface area contributed by atoms with Crippen LogP contribution in [0.3, 0.4) is 0 Å². The highest BCUT2D eigenvalue weighted by Gasteiger charge is 2.32. The van der Waals surface area contributed by atoms with Crippen LogP contribution in [0.15, 0.2) is 0 Å². The monoisotopic (exact) mass is 248 g/mol. The summed E-state index contributed by atoms with van der Waals surface area (Å²) in [5.41, 5.74) is 0. The first kappa shape index (κ1) is 13.4. The highest BCUT2D eigenvalue weighted by molar-refractivity contribution is 7.91. The lowest BCUT2D eigenvalue weighted by Crippen LogP contribution is -2.43. The van der Waals surface area contributed by atoms with Gasteiger partial charge in [0.2, 0.25) is 5.91 Å². The van der Waals surface area contributed by atoms with Gasteiger partial charge in [-0.05, 0) is 5.92 Å². The molecular formula is C10H20N2O3S. The molecule has 1 aliphatic heterocycles. The van der Waals surface area contributed by atoms with Gasteiger partial charge in [-0.1, -0.05) is 20.8 Å². The Hall–Kier alpha value is -0.620. The molecule has 1 aliphatic rings. The SMILES string of the molecule is CCS(=O)(=O)CCN1C(=O)CNC1C(C)C. The normalized spacial score (nSPS) is 22.1. The number of nitrogens with one attached hydrogen (secondary N) is 1. The van der Waals surface area contributed by atoms with Gasteiger partial charge in [-0.25, -0.2) is 8.42 Å². The van der Waals surface area contributed by atoms with Crippen LogP contribution in [0.5, 0.6) is 0 Å². The van der Waals surface area contributed by atoms with Crippen molar-refractivity contribution in [2.75, 3.05) is 24.6 Å². The maximum absolute atomic E-state index is 11.6. The number of amides is 1. The molecule has 1 rings (SSSR count). The van der Waals surface area contributed by atoms with E-state index in [2.05, 4.69) is 5.32 Å². The van der Waals surface area contributed by atoms with Crippen molar-refractivity contribution in [2.45, 2.75) is 26.9 Å². The Bertz CT molecular complexity index is 351. The van der Waals surface area contributed by atoms with Crippen LogP contribution in [0.1, 0.15) is 20.8 Å². The van der Waals surface area contributed by atoms with E-state index in [0.717, 1.165) is 0 Å². The Morgan fingerprint density at radius 3 is 2.62 bits per heavy atom. The standard InChI is InChI=1S/C10H20N2O3S/c1-4-16(14,15)6-5-12-9(13)7-11-10(12)8(2)3/h8,10-11H,4-7H2,1-3H3. The summed E-state index contributed by atoms with van der Waals surface area (Å²) in [5, 5.41) is 3.09. The number of carbonyl (C=O) groups excluding carboxylic acids is 1. The highest BCUT2D eigenvalue weighted by atomic mass is 32.2. The molecule has 1 amide bonds. The fraction of sp³-hybridized carbons (Fsp3) is 0.900. The van der Waals surface area contributed by atoms with E-state index in [4.69, 9.17) is 0 Å². The zero-order valence-electron chi connectivity index (χ0n) is 10.1. The van der Waals surface area contributed by atoms with Crippen molar-refractivity contribution in [1.82, 2.24) is 10.2 Å². The molecule has 0 bridgehead atoms. The van der Waals surface area contributed by atoms with Crippen LogP contribution in [-0.4, -0.2) is 50.0 Å². The number of sulfone groups is 1. The van der Waals surface area contributed by atoms with Crippen molar-refractivity contribution in [1.29, 1.82) is 0 Å². The molecule has 1 N–H and O–H groups in total. The van der Waals surface area contributed by atoms with Gasteiger partial charge in [0.05, 0.1) is 18.5 Å². The zero-order valence-corrected chi connectivity index (χ0v) is 10.9. The minimum atomic E-state index is -3.00. The number of hydrogen-bond donors (Lipinski definition) is 1. The van der Waals surface area contributed by atoms with Crippen LogP contribution < -0.4 is 5.32 Å². The summed E-state index contributed by atoms with van der Waals surface area (Å²) < 4.78 is 22.8. The molecule has 0 aromatic rings. The molecule has 1 saturated heterocycles. The molecule has 94 valence electrons. The lowest BCUT2D eigenvalue weighted by atomic mass is 10.1. The van der Waals surface area contributed by atoms with Crippen LogP contribution in [0.2, 0.25) is 0 Å². The first-order chi connectivity index (χ1) is 7.37. The Kier molecular flexibility index (Phi) is 4.32. The van der Waals surface area contributed by atoms with E-state index in [1.165, 1.54) is 0 Å². The van der Waals surface area contributed by atoms with Gasteiger partial charge < -0.3 is 4.90 Å². The summed E-state index contributed by atoms with van der Waals surface area (Å²) in [6.45, 7) is 6.26. The predicted octanol–water partition coefficient (Wildman–Crippen LogP) is -0.165. The van der Waals surface area contributed by atoms with Crippen molar-refractivity contribution < 1.29 is 13.2 Å². The number of rotatable bonds is 5. The smallest absolute Gasteiger partial charge is 0.237 e. The third kappa shape index (κ3) is 3.18. The Labute approximate surface area is 97.1 Å². The topological polar surface area (TPSA) is 66.5 Å². The summed E-state index contributed by atoms with van der Waals surface area (Å²) in [4.78, 5) is 13.2. The molecule has 0 aliphatic carbocycles. The lowest BCUT2D eigenvalue weighted by Gasteiger charge is -2.27. The summed E-state index contributed by atoms with van der Waals surface area (Å²) in [5.74, 6) is 0.468. The third-order valence-corrected chi connectivity index (χ3v) is 4.52. The largest absolute Gasteiger partial charge is 0.325 e. The van der Waals surface area contributed by atoms with Gasteiger partial charge in [0.1, 0.15) is 0 Å². The molecule has 0 aromatic carbocycles. The van der Waals surface area contributed by atoms with Crippen LogP contribution >= 0.6 is 0 Å². The summed E-state index contributed by atoms with van der Waals surface area (Å²) >= 11 is 0. The average molecular weight is 248 g/mol. The molecule has 6 heteroatoms. The molecule has 1 fully saturated rings. The van der Waals surface area contributed by atoms with Crippen molar-refractivity contribution in [3.8, 4) is 0 Å². The molecule has 0 radical (unpaired) electrons. The van der Waals surface area contributed by atoms with Crippen molar-refractivity contribution in [3.63, 3.8) is 0 Å². The predicted molar refractivity (Wildman–Crippen MR) is 62.7 cm³/mol. The van der Waals surface area contributed by atoms with E-state index in [1.54, 1.807) is 11.8 Å². The Morgan fingerprint density at radius 1 is 1.50 bits per heavy atom. The lowest BCUT2D eigenvalue weighted by molar-refractivity contribution is -0.128. The van der Waals surface area contributed by atoms with Gasteiger partial charge in [-0.2, -0.15) is 0 Å². The fourth-order valence-electron chi connectivity index (χ4n) is 1.80. The maximum Gasteiger partial charge on any atom is 0.237 e. The quantitative estimate of drug-likeness (QED) is 0.734. The molecule has 1 unspecified atom stereocenters. The molecule has 0 spiro atoms. The average Bonchev–Trinajstić information content (AvgIpc) is 2.57. The third-order valence-electron chi connectivity index (χ3n) is 2.83.